The van der Waals surface area contributed by atoms with Crippen LogP contribution in [-0.4, -0.2) is 28.1 Å². The van der Waals surface area contributed by atoms with Crippen molar-refractivity contribution in [1.82, 2.24) is 4.90 Å². The molecule has 3 heteroatoms. The molecule has 1 aromatic carbocycles. The minimum Gasteiger partial charge on any atom is -0.480 e. The van der Waals surface area contributed by atoms with Crippen molar-refractivity contribution in [2.24, 2.45) is 0 Å². The lowest BCUT2D eigenvalue weighted by Gasteiger charge is -2.39. The van der Waals surface area contributed by atoms with E-state index in [1.807, 2.05) is 4.90 Å². The predicted octanol–water partition coefficient (Wildman–Crippen LogP) is 3.55. The molecule has 0 radical (unpaired) electrons. The van der Waals surface area contributed by atoms with Crippen molar-refractivity contribution in [3.63, 3.8) is 0 Å². The van der Waals surface area contributed by atoms with E-state index in [1.54, 1.807) is 0 Å². The first kappa shape index (κ1) is 15.7. The molecular formula is C16H25NO2. The van der Waals surface area contributed by atoms with Gasteiger partial charge in [-0.2, -0.15) is 0 Å². The number of aryl methyl sites for hydroxylation is 2. The van der Waals surface area contributed by atoms with Crippen molar-refractivity contribution >= 4 is 5.97 Å². The van der Waals surface area contributed by atoms with Crippen molar-refractivity contribution in [2.45, 2.75) is 53.1 Å². The third-order valence-corrected chi connectivity index (χ3v) is 3.51. The summed E-state index contributed by atoms with van der Waals surface area (Å²) in [6.45, 7) is 12.4. The molecule has 0 saturated heterocycles. The fourth-order valence-electron chi connectivity index (χ4n) is 2.56. The molecule has 0 spiro atoms. The molecule has 0 aliphatic rings. The number of carboxylic acid groups (broad SMARTS) is 1. The monoisotopic (exact) mass is 263 g/mol. The average molecular weight is 263 g/mol. The van der Waals surface area contributed by atoms with E-state index >= 15 is 0 Å². The number of carbonyl (C=O) groups is 1. The number of nitrogens with zero attached hydrogens (tertiary/aromatic N) is 1. The van der Waals surface area contributed by atoms with Gasteiger partial charge in [0, 0.05) is 11.6 Å². The summed E-state index contributed by atoms with van der Waals surface area (Å²) in [4.78, 5) is 13.1. The second kappa shape index (κ2) is 5.74. The van der Waals surface area contributed by atoms with Gasteiger partial charge in [0.1, 0.15) is 0 Å². The molecule has 0 heterocycles. The van der Waals surface area contributed by atoms with E-state index in [-0.39, 0.29) is 18.1 Å². The average Bonchev–Trinajstić information content (AvgIpc) is 2.23. The van der Waals surface area contributed by atoms with E-state index in [2.05, 4.69) is 59.7 Å². The zero-order valence-electron chi connectivity index (χ0n) is 12.8. The van der Waals surface area contributed by atoms with Crippen LogP contribution in [0.4, 0.5) is 0 Å². The van der Waals surface area contributed by atoms with Gasteiger partial charge in [-0.15, -0.1) is 0 Å². The van der Waals surface area contributed by atoms with Crippen LogP contribution in [-0.2, 0) is 4.79 Å². The minimum atomic E-state index is -0.786. The zero-order chi connectivity index (χ0) is 14.8. The van der Waals surface area contributed by atoms with Gasteiger partial charge in [-0.05, 0) is 52.7 Å². The van der Waals surface area contributed by atoms with Crippen LogP contribution in [0.1, 0.15) is 50.4 Å². The van der Waals surface area contributed by atoms with Crippen LogP contribution in [0.5, 0.6) is 0 Å². The number of hydrogen-bond acceptors (Lipinski definition) is 2. The molecule has 1 aromatic rings. The first-order valence-corrected chi connectivity index (χ1v) is 6.68. The lowest BCUT2D eigenvalue weighted by Crippen LogP contribution is -2.46. The summed E-state index contributed by atoms with van der Waals surface area (Å²) in [5, 5.41) is 9.11. The van der Waals surface area contributed by atoms with Gasteiger partial charge in [0.2, 0.25) is 0 Å². The Morgan fingerprint density at radius 2 is 1.89 bits per heavy atom. The molecule has 1 rings (SSSR count). The maximum Gasteiger partial charge on any atom is 0.317 e. The smallest absolute Gasteiger partial charge is 0.317 e. The van der Waals surface area contributed by atoms with E-state index in [0.717, 1.165) is 0 Å². The largest absolute Gasteiger partial charge is 0.480 e. The highest BCUT2D eigenvalue weighted by Gasteiger charge is 2.29. The highest BCUT2D eigenvalue weighted by Crippen LogP contribution is 2.29. The van der Waals surface area contributed by atoms with E-state index in [1.165, 1.54) is 16.7 Å². The first-order chi connectivity index (χ1) is 8.62. The Kier molecular flexibility index (Phi) is 4.75. The third kappa shape index (κ3) is 4.06. The molecule has 19 heavy (non-hydrogen) atoms. The van der Waals surface area contributed by atoms with Gasteiger partial charge in [-0.3, -0.25) is 9.69 Å². The maximum atomic E-state index is 11.1. The van der Waals surface area contributed by atoms with Gasteiger partial charge in [0.25, 0.3) is 0 Å². The molecule has 1 N–H and O–H groups in total. The van der Waals surface area contributed by atoms with Crippen molar-refractivity contribution in [1.29, 1.82) is 0 Å². The third-order valence-electron chi connectivity index (χ3n) is 3.51. The fourth-order valence-corrected chi connectivity index (χ4v) is 2.56. The van der Waals surface area contributed by atoms with Gasteiger partial charge in [-0.1, -0.05) is 23.8 Å². The normalized spacial score (nSPS) is 13.6. The number of aliphatic carboxylic acids is 1. The Morgan fingerprint density at radius 3 is 2.32 bits per heavy atom. The summed E-state index contributed by atoms with van der Waals surface area (Å²) < 4.78 is 0. The lowest BCUT2D eigenvalue weighted by molar-refractivity contribution is -0.140. The molecule has 1 atom stereocenters. The topological polar surface area (TPSA) is 40.5 Å². The molecule has 106 valence electrons. The predicted molar refractivity (Wildman–Crippen MR) is 78.4 cm³/mol. The molecule has 0 amide bonds. The van der Waals surface area contributed by atoms with E-state index in [4.69, 9.17) is 5.11 Å². The molecular weight excluding hydrogens is 238 g/mol. The van der Waals surface area contributed by atoms with Crippen LogP contribution in [0.15, 0.2) is 18.2 Å². The second-order valence-corrected chi connectivity index (χ2v) is 6.23. The van der Waals surface area contributed by atoms with Crippen LogP contribution in [0, 0.1) is 13.8 Å². The highest BCUT2D eigenvalue weighted by atomic mass is 16.4. The highest BCUT2D eigenvalue weighted by molar-refractivity contribution is 5.69. The Bertz CT molecular complexity index is 460. The quantitative estimate of drug-likeness (QED) is 0.903. The maximum absolute atomic E-state index is 11.1. The summed E-state index contributed by atoms with van der Waals surface area (Å²) in [7, 11) is 0. The minimum absolute atomic E-state index is 0.0536. The van der Waals surface area contributed by atoms with Gasteiger partial charge >= 0.3 is 5.97 Å². The Labute approximate surface area is 116 Å². The number of hydrogen-bond donors (Lipinski definition) is 1. The van der Waals surface area contributed by atoms with E-state index in [0.29, 0.717) is 0 Å². The Morgan fingerprint density at radius 1 is 1.32 bits per heavy atom. The summed E-state index contributed by atoms with van der Waals surface area (Å²) in [6.07, 6.45) is 0. The Hall–Kier alpha value is -1.35. The molecule has 3 nitrogen and oxygen atoms in total. The van der Waals surface area contributed by atoms with E-state index in [9.17, 15) is 4.79 Å². The van der Waals surface area contributed by atoms with Gasteiger partial charge in [0.05, 0.1) is 6.54 Å². The lowest BCUT2D eigenvalue weighted by atomic mass is 9.95. The molecule has 0 fully saturated rings. The van der Waals surface area contributed by atoms with Crippen molar-refractivity contribution in [3.8, 4) is 0 Å². The van der Waals surface area contributed by atoms with Crippen LogP contribution >= 0.6 is 0 Å². The van der Waals surface area contributed by atoms with Crippen LogP contribution < -0.4 is 0 Å². The summed E-state index contributed by atoms with van der Waals surface area (Å²) >= 11 is 0. The fraction of sp³-hybridized carbons (Fsp3) is 0.562. The van der Waals surface area contributed by atoms with Crippen molar-refractivity contribution < 1.29 is 9.90 Å². The molecule has 1 unspecified atom stereocenters. The van der Waals surface area contributed by atoms with Crippen LogP contribution in [0.25, 0.3) is 0 Å². The molecule has 0 aliphatic heterocycles. The number of rotatable bonds is 4. The molecule has 0 saturated carbocycles. The van der Waals surface area contributed by atoms with Crippen LogP contribution in [0.2, 0.25) is 0 Å². The number of carboxylic acids is 1. The summed E-state index contributed by atoms with van der Waals surface area (Å²) in [5.74, 6) is -0.786. The second-order valence-electron chi connectivity index (χ2n) is 6.23. The Balaban J connectivity index is 3.11. The summed E-state index contributed by atoms with van der Waals surface area (Å²) in [6, 6.07) is 6.42. The number of benzene rings is 1. The molecule has 0 bridgehead atoms. The van der Waals surface area contributed by atoms with Crippen molar-refractivity contribution in [2.75, 3.05) is 6.54 Å². The van der Waals surface area contributed by atoms with Crippen molar-refractivity contribution in [3.05, 3.63) is 34.9 Å². The zero-order valence-corrected chi connectivity index (χ0v) is 12.8. The van der Waals surface area contributed by atoms with E-state index < -0.39 is 5.97 Å². The van der Waals surface area contributed by atoms with Gasteiger partial charge in [-0.25, -0.2) is 0 Å². The SMILES string of the molecule is Cc1ccc(C(C)N(CC(=O)O)C(C)(C)C)c(C)c1. The van der Waals surface area contributed by atoms with Gasteiger partial charge in [0.15, 0.2) is 0 Å². The van der Waals surface area contributed by atoms with Crippen LogP contribution in [0.3, 0.4) is 0 Å². The standard InChI is InChI=1S/C16H25NO2/c1-11-7-8-14(12(2)9-11)13(3)17(10-15(18)19)16(4,5)6/h7-9,13H,10H2,1-6H3,(H,18,19). The molecule has 0 aromatic heterocycles. The molecule has 0 aliphatic carbocycles. The van der Waals surface area contributed by atoms with Gasteiger partial charge < -0.3 is 5.11 Å². The summed E-state index contributed by atoms with van der Waals surface area (Å²) in [5.41, 5.74) is 3.46. The first-order valence-electron chi connectivity index (χ1n) is 6.68.